The molecule has 0 saturated carbocycles. The van der Waals surface area contributed by atoms with Gasteiger partial charge in [0.15, 0.2) is 27.3 Å². The number of fused-ring (bicyclic) bond motifs is 3. The third-order valence-electron chi connectivity index (χ3n) is 13.8. The molecule has 6 heterocycles. The van der Waals surface area contributed by atoms with E-state index in [4.69, 9.17) is 23.4 Å². The van der Waals surface area contributed by atoms with Gasteiger partial charge in [0.2, 0.25) is 16.9 Å². The van der Waals surface area contributed by atoms with Crippen molar-refractivity contribution in [1.82, 2.24) is 43.8 Å². The minimum Gasteiger partial charge on any atom is -0.512 e. The van der Waals surface area contributed by atoms with Crippen LogP contribution in [0.4, 0.5) is 17.5 Å². The zero-order chi connectivity index (χ0) is 61.2. The van der Waals surface area contributed by atoms with Crippen molar-refractivity contribution < 1.29 is 42.8 Å². The molecule has 0 atom stereocenters. The monoisotopic (exact) mass is 1220 g/mol. The number of nitrogens with zero attached hydrogens (tertiary/aromatic N) is 11. The number of sulfone groups is 1. The average molecular weight is 1220 g/mol. The van der Waals surface area contributed by atoms with Crippen LogP contribution in [0.15, 0.2) is 243 Å². The molecule has 0 fully saturated rings. The van der Waals surface area contributed by atoms with Crippen LogP contribution in [0.1, 0.15) is 44.3 Å². The second-order valence-electron chi connectivity index (χ2n) is 20.1. The molecule has 13 aromatic rings. The van der Waals surface area contributed by atoms with Gasteiger partial charge in [0.05, 0.1) is 5.75 Å². The van der Waals surface area contributed by atoms with Crippen LogP contribution >= 0.6 is 11.6 Å². The number of ketones is 1. The second kappa shape index (κ2) is 30.4. The summed E-state index contributed by atoms with van der Waals surface area (Å²) in [5.74, 6) is 1.84. The van der Waals surface area contributed by atoms with Crippen molar-refractivity contribution in [2.75, 3.05) is 22.2 Å². The Balaban J connectivity index is 0.000000160. The number of halogens is 1. The number of Topliss-reactive ketones (excluding diaryl/α,β-unsaturated/α-hetero) is 1. The van der Waals surface area contributed by atoms with Crippen LogP contribution in [-0.2, 0) is 41.6 Å². The first-order chi connectivity index (χ1) is 43.0. The third kappa shape index (κ3) is 16.4. The van der Waals surface area contributed by atoms with E-state index in [0.29, 0.717) is 42.4 Å². The van der Waals surface area contributed by atoms with Gasteiger partial charge in [-0.1, -0.05) is 206 Å². The summed E-state index contributed by atoms with van der Waals surface area (Å²) in [4.78, 5) is 26.7. The van der Waals surface area contributed by atoms with Gasteiger partial charge in [0, 0.05) is 67.6 Å². The summed E-state index contributed by atoms with van der Waals surface area (Å²) in [5, 5.41) is 38.9. The summed E-state index contributed by atoms with van der Waals surface area (Å²) in [7, 11) is -3.18. The number of rotatable bonds is 17. The first-order valence-corrected chi connectivity index (χ1v) is 30.2. The maximum atomic E-state index is 13.3. The van der Waals surface area contributed by atoms with Crippen LogP contribution in [0.2, 0.25) is 5.28 Å². The predicted molar refractivity (Wildman–Crippen MR) is 344 cm³/mol. The van der Waals surface area contributed by atoms with Gasteiger partial charge in [-0.25, -0.2) is 26.9 Å². The zero-order valence-electron chi connectivity index (χ0n) is 48.6. The van der Waals surface area contributed by atoms with Crippen molar-refractivity contribution in [3.05, 3.63) is 294 Å². The average Bonchev–Trinajstić information content (AvgIpc) is 2.32. The molecule has 13 rings (SSSR count). The Morgan fingerprint density at radius 1 is 0.483 bits per heavy atom. The third-order valence-corrected chi connectivity index (χ3v) is 14.8. The summed E-state index contributed by atoms with van der Waals surface area (Å²) >= 11 is 6.08. The smallest absolute Gasteiger partial charge is 0.512 e. The molecule has 3 N–H and O–H groups in total. The van der Waals surface area contributed by atoms with E-state index in [1.165, 1.54) is 11.8 Å². The summed E-state index contributed by atoms with van der Waals surface area (Å²) in [6.45, 7) is 6.58. The fourth-order valence-electron chi connectivity index (χ4n) is 9.88. The molecule has 17 nitrogen and oxygen atoms in total. The molecule has 0 amide bonds. The first kappa shape index (κ1) is 63.2. The Morgan fingerprint density at radius 2 is 0.843 bits per heavy atom. The Kier molecular flexibility index (Phi) is 21.6. The van der Waals surface area contributed by atoms with E-state index >= 15 is 0 Å². The molecular formula is C69H56ClN14NaO3S. The topological polar surface area (TPSA) is 225 Å². The Labute approximate surface area is 542 Å². The molecule has 0 bridgehead atoms. The maximum absolute atomic E-state index is 13.3. The minimum absolute atomic E-state index is 0. The number of aromatic nitrogens is 9. The molecule has 0 saturated heterocycles. The van der Waals surface area contributed by atoms with Gasteiger partial charge in [-0.05, 0) is 74.3 Å². The fourth-order valence-corrected chi connectivity index (χ4v) is 10.8. The number of nitrogens with one attached hydrogen (secondary N) is 3. The van der Waals surface area contributed by atoms with Gasteiger partial charge in [-0.15, -0.1) is 15.3 Å². The van der Waals surface area contributed by atoms with Gasteiger partial charge in [-0.2, -0.15) is 15.2 Å². The molecule has 434 valence electrons. The molecule has 0 aliphatic heterocycles. The van der Waals surface area contributed by atoms with Crippen molar-refractivity contribution in [2.45, 2.75) is 31.8 Å². The molecule has 0 aliphatic carbocycles. The van der Waals surface area contributed by atoms with Gasteiger partial charge < -0.3 is 27.8 Å². The molecule has 20 heteroatoms. The van der Waals surface area contributed by atoms with Crippen molar-refractivity contribution in [2.24, 2.45) is 0 Å². The van der Waals surface area contributed by atoms with E-state index in [1.807, 2.05) is 188 Å². The van der Waals surface area contributed by atoms with Crippen molar-refractivity contribution in [1.29, 1.82) is 10.5 Å². The van der Waals surface area contributed by atoms with Crippen LogP contribution in [-0.4, -0.2) is 64.3 Å². The van der Waals surface area contributed by atoms with Crippen LogP contribution < -0.4 is 45.5 Å². The van der Waals surface area contributed by atoms with E-state index in [9.17, 15) is 18.5 Å². The molecule has 0 aliphatic rings. The van der Waals surface area contributed by atoms with Gasteiger partial charge in [0.25, 0.3) is 5.82 Å². The summed E-state index contributed by atoms with van der Waals surface area (Å²) in [6, 6.07) is 75.6. The van der Waals surface area contributed by atoms with Crippen LogP contribution in [0, 0.1) is 23.2 Å². The van der Waals surface area contributed by atoms with E-state index in [1.54, 1.807) is 37.8 Å². The number of nitriles is 1. The van der Waals surface area contributed by atoms with Crippen molar-refractivity contribution >= 4 is 61.2 Å². The van der Waals surface area contributed by atoms with Gasteiger partial charge >= 0.3 is 29.6 Å². The largest absolute Gasteiger partial charge is 1.00 e. The van der Waals surface area contributed by atoms with Gasteiger partial charge in [0.1, 0.15) is 22.6 Å². The predicted octanol–water partition coefficient (Wildman–Crippen LogP) is 10.6. The standard InChI is InChI=1S/C29H26N4O3S.C20H15N5.C19H15ClN4.CN.Na/c1-37(35,36)20-23-12-8-11-22(17-23)18-26(34)28-31-29(30-19-21-9-4-2-5-10-21)27-25(15-16-33(27)32-28)24-13-6-3-7-14-24;21-13-18-23-20(22-14-15-7-3-1-4-8-15)19-17(11-12-25(19)24-18)16-9-5-2-6-10-16;20-19-22-18(21-13-14-7-3-1-4-8-14)17-16(11-12-24(17)23-19)15-9-5-2-6-10-15;1-2;/h2-17H,18-20H2,1H3,(H,30,31,32);1-12H,14H2,(H,22,23,24);1-12H,13H2,(H,21,22,23);;/q;;;-1;+1. The van der Waals surface area contributed by atoms with Crippen molar-refractivity contribution in [3.8, 4) is 39.4 Å². The zero-order valence-corrected chi connectivity index (χ0v) is 52.1. The quantitative estimate of drug-likeness (QED) is 0.0438. The number of anilines is 3. The molecule has 0 unspecified atom stereocenters. The Morgan fingerprint density at radius 3 is 1.26 bits per heavy atom. The first-order valence-electron chi connectivity index (χ1n) is 27.8. The SMILES string of the molecule is CS(=O)(=O)Cc1cccc(CC(=O)c2nc(NCc3ccccc3)c3c(-c4ccccc4)ccn3n2)c1.Clc1nc(NCc2ccccc2)c2c(-c3ccccc3)ccn2n1.N#Cc1nc(NCc2ccccc2)c2c(-c3ccccc3)ccn2n1.[C-]#N.[Na+]. The Bertz CT molecular complexity index is 4670. The molecule has 0 radical (unpaired) electrons. The van der Waals surface area contributed by atoms with E-state index in [2.05, 4.69) is 82.6 Å². The number of hydrogen-bond donors (Lipinski definition) is 3. The summed E-state index contributed by atoms with van der Waals surface area (Å²) in [6.07, 6.45) is 6.84. The summed E-state index contributed by atoms with van der Waals surface area (Å²) < 4.78 is 28.5. The molecule has 89 heavy (non-hydrogen) atoms. The summed E-state index contributed by atoms with van der Waals surface area (Å²) in [5.41, 5.74) is 13.6. The fraction of sp³-hybridized carbons (Fsp3) is 0.0870. The normalized spacial score (nSPS) is 10.7. The van der Waals surface area contributed by atoms with E-state index < -0.39 is 9.84 Å². The van der Waals surface area contributed by atoms with Crippen LogP contribution in [0.3, 0.4) is 0 Å². The Hall–Kier alpha value is -10.3. The molecule has 0 spiro atoms. The van der Waals surface area contributed by atoms with E-state index in [0.717, 1.165) is 66.9 Å². The van der Waals surface area contributed by atoms with Crippen molar-refractivity contribution in [3.63, 3.8) is 0 Å². The molecule has 6 aromatic heterocycles. The minimum atomic E-state index is -3.18. The molecule has 7 aromatic carbocycles. The number of carbonyl (C=O) groups is 1. The van der Waals surface area contributed by atoms with E-state index in [-0.39, 0.29) is 64.4 Å². The molecular weight excluding hydrogens is 1160 g/mol. The maximum Gasteiger partial charge on any atom is 1.00 e. The number of benzene rings is 7. The van der Waals surface area contributed by atoms with Gasteiger partial charge in [-0.3, -0.25) is 4.79 Å². The van der Waals surface area contributed by atoms with Crippen LogP contribution in [0.25, 0.3) is 49.9 Å². The number of hydrogen-bond acceptors (Lipinski definition) is 14. The number of carbonyl (C=O) groups excluding carboxylic acids is 1. The second-order valence-corrected chi connectivity index (χ2v) is 22.6. The van der Waals surface area contributed by atoms with Crippen LogP contribution in [0.5, 0.6) is 0 Å².